The number of aromatic amines is 2. The van der Waals surface area contributed by atoms with E-state index in [1.807, 2.05) is 49.8 Å². The zero-order valence-corrected chi connectivity index (χ0v) is 33.7. The molecule has 304 valence electrons. The van der Waals surface area contributed by atoms with Gasteiger partial charge in [-0.3, -0.25) is 9.59 Å². The number of rotatable bonds is 10. The first-order valence-electron chi connectivity index (χ1n) is 20.0. The van der Waals surface area contributed by atoms with Gasteiger partial charge >= 0.3 is 12.2 Å². The van der Waals surface area contributed by atoms with Crippen LogP contribution in [0.1, 0.15) is 82.7 Å². The Hall–Kier alpha value is -6.12. The highest BCUT2D eigenvalue weighted by Crippen LogP contribution is 2.44. The summed E-state index contributed by atoms with van der Waals surface area (Å²) in [4.78, 5) is 71.5. The highest BCUT2D eigenvalue weighted by atomic mass is 16.5. The molecule has 15 heteroatoms. The number of aromatic nitrogens is 4. The van der Waals surface area contributed by atoms with Crippen molar-refractivity contribution in [3.63, 3.8) is 0 Å². The lowest BCUT2D eigenvalue weighted by Gasteiger charge is -2.30. The molecule has 0 spiro atoms. The fourth-order valence-electron chi connectivity index (χ4n) is 8.76. The molecular formula is C43H50N8O7. The second kappa shape index (κ2) is 15.7. The summed E-state index contributed by atoms with van der Waals surface area (Å²) in [5, 5.41) is 9.72. The summed E-state index contributed by atoms with van der Waals surface area (Å²) in [7, 11) is 2.58. The number of hydrogen-bond acceptors (Lipinski definition) is 9. The third kappa shape index (κ3) is 7.06. The number of amides is 4. The molecule has 4 amide bonds. The maximum atomic E-state index is 13.7. The molecule has 2 saturated heterocycles. The van der Waals surface area contributed by atoms with Crippen molar-refractivity contribution in [1.82, 2.24) is 40.4 Å². The van der Waals surface area contributed by atoms with Crippen LogP contribution in [0.15, 0.2) is 48.8 Å². The highest BCUT2D eigenvalue weighted by molar-refractivity contribution is 6.14. The van der Waals surface area contributed by atoms with E-state index in [0.29, 0.717) is 31.3 Å². The van der Waals surface area contributed by atoms with Crippen LogP contribution in [0.5, 0.6) is 5.75 Å². The molecule has 58 heavy (non-hydrogen) atoms. The molecule has 2 fully saturated rings. The largest absolute Gasteiger partial charge is 0.488 e. The van der Waals surface area contributed by atoms with E-state index < -0.39 is 24.3 Å². The van der Waals surface area contributed by atoms with E-state index in [4.69, 9.17) is 24.2 Å². The lowest BCUT2D eigenvalue weighted by Crippen LogP contribution is -2.51. The number of H-pyrrole nitrogens is 2. The van der Waals surface area contributed by atoms with E-state index in [-0.39, 0.29) is 35.7 Å². The predicted molar refractivity (Wildman–Crippen MR) is 217 cm³/mol. The van der Waals surface area contributed by atoms with Gasteiger partial charge in [0.05, 0.1) is 50.1 Å². The van der Waals surface area contributed by atoms with Crippen molar-refractivity contribution in [2.75, 3.05) is 27.3 Å². The number of methoxy groups -OCH3 is 2. The average Bonchev–Trinajstić information content (AvgIpc) is 4.06. The zero-order valence-electron chi connectivity index (χ0n) is 33.7. The fraction of sp³-hybridized carbons (Fsp3) is 0.442. The minimum Gasteiger partial charge on any atom is -0.488 e. The highest BCUT2D eigenvalue weighted by Gasteiger charge is 2.39. The zero-order chi connectivity index (χ0) is 40.8. The maximum Gasteiger partial charge on any atom is 0.407 e. The van der Waals surface area contributed by atoms with Gasteiger partial charge in [0.25, 0.3) is 0 Å². The molecule has 3 aliphatic rings. The molecule has 4 atom stereocenters. The van der Waals surface area contributed by atoms with Crippen LogP contribution in [-0.4, -0.2) is 93.1 Å². The number of ether oxygens (including phenoxy) is 3. The molecule has 5 aromatic rings. The monoisotopic (exact) mass is 790 g/mol. The first kappa shape index (κ1) is 38.7. The molecule has 5 heterocycles. The normalized spacial score (nSPS) is 18.6. The standard InChI is InChI=1S/C43H50N8O7/c1-22(2)36(48-42(54)56-5)40(52)50-13-7-9-31(50)38-44-19-29(46-38)26-15-24-11-12-25-16-27(18-33-35(25)34(24)28(17-26)21-58-33)30-20-45-39(47-30)32-10-8-14-51(32)41(53)37(23(3)4)49-43(55)57-6/h11-12,15-20,22-23,31-32,36-37H,7-10,13-14,21H2,1-6H3,(H,44,46)(H,45,47)(H,48,54)(H,49,55)/t31-,32-,36-,37-/m0/s1. The number of nitrogens with one attached hydrogen (secondary N) is 4. The fourth-order valence-corrected chi connectivity index (χ4v) is 8.76. The number of carbonyl (C=O) groups excluding carboxylic acids is 4. The van der Waals surface area contributed by atoms with Gasteiger partial charge in [-0.1, -0.05) is 39.8 Å². The van der Waals surface area contributed by atoms with Crippen LogP contribution in [0.4, 0.5) is 9.59 Å². The van der Waals surface area contributed by atoms with Crippen molar-refractivity contribution in [3.8, 4) is 28.3 Å². The van der Waals surface area contributed by atoms with E-state index >= 15 is 0 Å². The summed E-state index contributed by atoms with van der Waals surface area (Å²) >= 11 is 0. The molecule has 3 aliphatic heterocycles. The summed E-state index contributed by atoms with van der Waals surface area (Å²) in [6.45, 7) is 9.15. The van der Waals surface area contributed by atoms with Crippen LogP contribution < -0.4 is 15.4 Å². The van der Waals surface area contributed by atoms with Gasteiger partial charge in [0.15, 0.2) is 0 Å². The van der Waals surface area contributed by atoms with Crippen LogP contribution >= 0.6 is 0 Å². The van der Waals surface area contributed by atoms with E-state index in [1.165, 1.54) is 14.2 Å². The van der Waals surface area contributed by atoms with Crippen LogP contribution in [0, 0.1) is 11.8 Å². The van der Waals surface area contributed by atoms with Crippen molar-refractivity contribution in [1.29, 1.82) is 0 Å². The summed E-state index contributed by atoms with van der Waals surface area (Å²) < 4.78 is 16.0. The Morgan fingerprint density at radius 3 is 1.69 bits per heavy atom. The minimum atomic E-state index is -0.706. The smallest absolute Gasteiger partial charge is 0.407 e. The van der Waals surface area contributed by atoms with Gasteiger partial charge in [-0.15, -0.1) is 0 Å². The number of nitrogens with zero attached hydrogens (tertiary/aromatic N) is 4. The van der Waals surface area contributed by atoms with E-state index in [0.717, 1.165) is 81.1 Å². The number of likely N-dealkylation sites (tertiary alicyclic amines) is 2. The Morgan fingerprint density at radius 1 is 0.724 bits per heavy atom. The molecule has 8 rings (SSSR count). The predicted octanol–water partition coefficient (Wildman–Crippen LogP) is 6.75. The summed E-state index contributed by atoms with van der Waals surface area (Å²) in [6, 6.07) is 10.8. The van der Waals surface area contributed by atoms with Gasteiger partial charge in [-0.05, 0) is 83.5 Å². The number of hydrogen-bond donors (Lipinski definition) is 4. The third-order valence-corrected chi connectivity index (χ3v) is 11.8. The van der Waals surface area contributed by atoms with Crippen molar-refractivity contribution >= 4 is 45.5 Å². The van der Waals surface area contributed by atoms with Crippen molar-refractivity contribution in [3.05, 3.63) is 66.0 Å². The van der Waals surface area contributed by atoms with Gasteiger partial charge < -0.3 is 44.6 Å². The van der Waals surface area contributed by atoms with Gasteiger partial charge in [0.2, 0.25) is 11.8 Å². The maximum absolute atomic E-state index is 13.7. The second-order valence-corrected chi connectivity index (χ2v) is 16.1. The van der Waals surface area contributed by atoms with E-state index in [1.54, 1.807) is 6.20 Å². The number of alkyl carbamates (subject to hydrolysis) is 2. The quantitative estimate of drug-likeness (QED) is 0.111. The topological polar surface area (TPSA) is 184 Å². The Morgan fingerprint density at radius 2 is 1.21 bits per heavy atom. The summed E-state index contributed by atoms with van der Waals surface area (Å²) in [5.74, 6) is 1.67. The van der Waals surface area contributed by atoms with Crippen molar-refractivity contribution in [2.45, 2.75) is 84.2 Å². The molecule has 4 N–H and O–H groups in total. The molecule has 0 bridgehead atoms. The Balaban J connectivity index is 1.04. The molecule has 0 aliphatic carbocycles. The SMILES string of the molecule is COC(=O)N[C@H](C(=O)N1CCC[C@H]1c1ncc(-c2cc3c4c(ccc5cc(-c6cnc([C@@H]7CCCN7C(=O)[C@@H](NC(=O)OC)C(C)C)[nH]6)cc(c54)OC3)c2)[nH]1)C(C)C. The summed E-state index contributed by atoms with van der Waals surface area (Å²) in [6.07, 6.45) is 5.56. The Kier molecular flexibility index (Phi) is 10.5. The van der Waals surface area contributed by atoms with Gasteiger partial charge in [0.1, 0.15) is 36.1 Å². The van der Waals surface area contributed by atoms with Crippen molar-refractivity contribution < 1.29 is 33.4 Å². The Labute approximate surface area is 336 Å². The lowest BCUT2D eigenvalue weighted by molar-refractivity contribution is -0.136. The van der Waals surface area contributed by atoms with Crippen molar-refractivity contribution in [2.24, 2.45) is 11.8 Å². The van der Waals surface area contributed by atoms with Crippen LogP contribution in [-0.2, 0) is 25.7 Å². The second-order valence-electron chi connectivity index (χ2n) is 16.1. The third-order valence-electron chi connectivity index (χ3n) is 11.8. The molecule has 3 aromatic carbocycles. The molecule has 2 aromatic heterocycles. The van der Waals surface area contributed by atoms with Crippen LogP contribution in [0.2, 0.25) is 0 Å². The lowest BCUT2D eigenvalue weighted by atomic mass is 9.92. The van der Waals surface area contributed by atoms with Gasteiger partial charge in [-0.25, -0.2) is 19.6 Å². The first-order valence-corrected chi connectivity index (χ1v) is 20.0. The summed E-state index contributed by atoms with van der Waals surface area (Å²) in [5.41, 5.74) is 4.63. The number of imidazole rings is 2. The Bertz CT molecular complexity index is 2240. The van der Waals surface area contributed by atoms with Crippen LogP contribution in [0.25, 0.3) is 44.1 Å². The first-order chi connectivity index (χ1) is 27.9. The molecular weight excluding hydrogens is 741 g/mol. The van der Waals surface area contributed by atoms with Gasteiger partial charge in [0, 0.05) is 29.6 Å². The van der Waals surface area contributed by atoms with Gasteiger partial charge in [-0.2, -0.15) is 0 Å². The van der Waals surface area contributed by atoms with E-state index in [2.05, 4.69) is 50.9 Å². The van der Waals surface area contributed by atoms with E-state index in [9.17, 15) is 19.2 Å². The molecule has 0 saturated carbocycles. The number of carbonyl (C=O) groups is 4. The molecule has 15 nitrogen and oxygen atoms in total. The molecule has 0 radical (unpaired) electrons. The minimum absolute atomic E-state index is 0.118. The average molecular weight is 791 g/mol. The number of benzene rings is 3. The van der Waals surface area contributed by atoms with Crippen LogP contribution in [0.3, 0.4) is 0 Å². The molecule has 0 unspecified atom stereocenters.